The Labute approximate surface area is 61.9 Å². The second kappa shape index (κ2) is 2.84. The van der Waals surface area contributed by atoms with Crippen molar-refractivity contribution < 1.29 is 0 Å². The summed E-state index contributed by atoms with van der Waals surface area (Å²) < 4.78 is 0. The average Bonchev–Trinajstić information content (AvgIpc) is 1.95. The Morgan fingerprint density at radius 2 is 2.20 bits per heavy atom. The van der Waals surface area contributed by atoms with Crippen LogP contribution in [0.1, 0.15) is 16.7 Å². The quantitative estimate of drug-likeness (QED) is 0.619. The topological polar surface area (TPSA) is 26.0 Å². The Kier molecular flexibility index (Phi) is 2.07. The molecular weight excluding hydrogens is 122 g/mol. The summed E-state index contributed by atoms with van der Waals surface area (Å²) in [4.78, 5) is 0. The van der Waals surface area contributed by atoms with Crippen molar-refractivity contribution in [3.8, 4) is 0 Å². The molecule has 0 saturated carbocycles. The lowest BCUT2D eigenvalue weighted by Crippen LogP contribution is -1.99. The lowest BCUT2D eigenvalue weighted by Gasteiger charge is -2.03. The maximum atomic E-state index is 5.49. The molecule has 1 heteroatoms. The molecule has 0 fully saturated rings. The molecule has 0 aliphatic rings. The van der Waals surface area contributed by atoms with E-state index in [-0.39, 0.29) is 0 Å². The molecule has 10 heavy (non-hydrogen) atoms. The van der Waals surface area contributed by atoms with E-state index in [9.17, 15) is 0 Å². The van der Waals surface area contributed by atoms with E-state index >= 15 is 0 Å². The summed E-state index contributed by atoms with van der Waals surface area (Å²) in [6, 6.07) is 7.07. The van der Waals surface area contributed by atoms with Crippen LogP contribution in [0.5, 0.6) is 0 Å². The monoisotopic (exact) mass is 134 g/mol. The van der Waals surface area contributed by atoms with Gasteiger partial charge >= 0.3 is 0 Å². The van der Waals surface area contributed by atoms with Gasteiger partial charge in [-0.05, 0) is 36.6 Å². The molecule has 1 rings (SSSR count). The number of nitrogens with two attached hydrogens (primary N) is 1. The van der Waals surface area contributed by atoms with E-state index in [0.29, 0.717) is 6.54 Å². The summed E-state index contributed by atoms with van der Waals surface area (Å²) in [5.74, 6) is 0. The zero-order chi connectivity index (χ0) is 7.56. The Hall–Kier alpha value is -0.820. The third-order valence-corrected chi connectivity index (χ3v) is 1.84. The molecule has 0 bridgehead atoms. The predicted octanol–water partition coefficient (Wildman–Crippen LogP) is 1.56. The highest BCUT2D eigenvalue weighted by Crippen LogP contribution is 2.10. The van der Waals surface area contributed by atoms with Crippen molar-refractivity contribution in [1.82, 2.24) is 0 Å². The van der Waals surface area contributed by atoms with E-state index in [1.54, 1.807) is 0 Å². The molecule has 1 radical (unpaired) electrons. The van der Waals surface area contributed by atoms with Crippen molar-refractivity contribution in [3.63, 3.8) is 0 Å². The van der Waals surface area contributed by atoms with Crippen LogP contribution in [-0.4, -0.2) is 0 Å². The average molecular weight is 134 g/mol. The molecule has 0 heterocycles. The molecule has 0 aromatic heterocycles. The van der Waals surface area contributed by atoms with Gasteiger partial charge in [-0.1, -0.05) is 12.1 Å². The number of rotatable bonds is 1. The van der Waals surface area contributed by atoms with Crippen LogP contribution in [0, 0.1) is 19.9 Å². The molecule has 1 aromatic carbocycles. The zero-order valence-electron chi connectivity index (χ0n) is 6.44. The van der Waals surface area contributed by atoms with Crippen LogP contribution in [0.15, 0.2) is 12.1 Å². The van der Waals surface area contributed by atoms with Gasteiger partial charge in [0.15, 0.2) is 0 Å². The summed E-state index contributed by atoms with van der Waals surface area (Å²) in [7, 11) is 0. The van der Waals surface area contributed by atoms with Crippen molar-refractivity contribution in [2.45, 2.75) is 20.4 Å². The molecule has 53 valence electrons. The summed E-state index contributed by atoms with van der Waals surface area (Å²) in [6.45, 7) is 4.75. The fraction of sp³-hybridized carbons (Fsp3) is 0.333. The molecule has 1 nitrogen and oxygen atoms in total. The highest BCUT2D eigenvalue weighted by atomic mass is 14.5. The summed E-state index contributed by atoms with van der Waals surface area (Å²) in [5.41, 5.74) is 9.17. The fourth-order valence-electron chi connectivity index (χ4n) is 0.951. The van der Waals surface area contributed by atoms with Gasteiger partial charge in [0.1, 0.15) is 0 Å². The van der Waals surface area contributed by atoms with Crippen molar-refractivity contribution in [2.24, 2.45) is 5.73 Å². The second-order valence-electron chi connectivity index (χ2n) is 2.47. The number of aryl methyl sites for hydroxylation is 1. The zero-order valence-corrected chi connectivity index (χ0v) is 6.44. The van der Waals surface area contributed by atoms with E-state index in [0.717, 1.165) is 5.56 Å². The SMILES string of the molecule is Cc1cc[c]c(CN)c1C. The van der Waals surface area contributed by atoms with Gasteiger partial charge in [-0.15, -0.1) is 0 Å². The van der Waals surface area contributed by atoms with E-state index in [2.05, 4.69) is 26.0 Å². The van der Waals surface area contributed by atoms with Crippen molar-refractivity contribution >= 4 is 0 Å². The number of hydrogen-bond acceptors (Lipinski definition) is 1. The molecule has 1 aromatic rings. The van der Waals surface area contributed by atoms with E-state index in [4.69, 9.17) is 5.73 Å². The molecule has 2 N–H and O–H groups in total. The Balaban J connectivity index is 3.14. The van der Waals surface area contributed by atoms with Crippen LogP contribution in [0.4, 0.5) is 0 Å². The number of benzene rings is 1. The van der Waals surface area contributed by atoms with Crippen LogP contribution in [0.25, 0.3) is 0 Å². The standard InChI is InChI=1S/C9H12N/c1-7-4-3-5-9(6-10)8(7)2/h3-4H,6,10H2,1-2H3. The lowest BCUT2D eigenvalue weighted by molar-refractivity contribution is 1.04. The predicted molar refractivity (Wildman–Crippen MR) is 42.6 cm³/mol. The van der Waals surface area contributed by atoms with E-state index in [1.165, 1.54) is 11.1 Å². The van der Waals surface area contributed by atoms with Crippen LogP contribution in [-0.2, 0) is 6.54 Å². The Bertz CT molecular complexity index is 228. The second-order valence-corrected chi connectivity index (χ2v) is 2.47. The van der Waals surface area contributed by atoms with E-state index in [1.807, 2.05) is 6.07 Å². The molecule has 0 atom stereocenters. The van der Waals surface area contributed by atoms with Gasteiger partial charge in [0.05, 0.1) is 0 Å². The van der Waals surface area contributed by atoms with Crippen molar-refractivity contribution in [3.05, 3.63) is 34.9 Å². The first-order chi connectivity index (χ1) is 4.75. The third-order valence-electron chi connectivity index (χ3n) is 1.84. The highest BCUT2D eigenvalue weighted by Gasteiger charge is 1.96. The van der Waals surface area contributed by atoms with Gasteiger partial charge in [-0.25, -0.2) is 0 Å². The fourth-order valence-corrected chi connectivity index (χ4v) is 0.951. The minimum Gasteiger partial charge on any atom is -0.326 e. The first kappa shape index (κ1) is 7.29. The summed E-state index contributed by atoms with van der Waals surface area (Å²) in [6.07, 6.45) is 0. The van der Waals surface area contributed by atoms with Crippen LogP contribution >= 0.6 is 0 Å². The first-order valence-corrected chi connectivity index (χ1v) is 3.42. The normalized spacial score (nSPS) is 9.90. The van der Waals surface area contributed by atoms with Crippen molar-refractivity contribution in [2.75, 3.05) is 0 Å². The lowest BCUT2D eigenvalue weighted by atomic mass is 10.0. The maximum Gasteiger partial charge on any atom is 0.0187 e. The highest BCUT2D eigenvalue weighted by molar-refractivity contribution is 5.31. The maximum absolute atomic E-state index is 5.49. The van der Waals surface area contributed by atoms with Crippen LogP contribution in [0.3, 0.4) is 0 Å². The summed E-state index contributed by atoms with van der Waals surface area (Å²) >= 11 is 0. The largest absolute Gasteiger partial charge is 0.326 e. The van der Waals surface area contributed by atoms with Crippen molar-refractivity contribution in [1.29, 1.82) is 0 Å². The summed E-state index contributed by atoms with van der Waals surface area (Å²) in [5, 5.41) is 0. The third kappa shape index (κ3) is 1.19. The van der Waals surface area contributed by atoms with Gasteiger partial charge in [0, 0.05) is 6.54 Å². The molecule has 0 aliphatic heterocycles. The van der Waals surface area contributed by atoms with Gasteiger partial charge in [0.25, 0.3) is 0 Å². The van der Waals surface area contributed by atoms with Crippen LogP contribution in [0.2, 0.25) is 0 Å². The first-order valence-electron chi connectivity index (χ1n) is 3.42. The van der Waals surface area contributed by atoms with Gasteiger partial charge in [-0.2, -0.15) is 0 Å². The van der Waals surface area contributed by atoms with Gasteiger partial charge in [-0.3, -0.25) is 0 Å². The molecule has 0 amide bonds. The molecule has 0 saturated heterocycles. The van der Waals surface area contributed by atoms with Gasteiger partial charge < -0.3 is 5.73 Å². The minimum absolute atomic E-state index is 0.591. The van der Waals surface area contributed by atoms with Gasteiger partial charge in [0.2, 0.25) is 0 Å². The van der Waals surface area contributed by atoms with Crippen LogP contribution < -0.4 is 5.73 Å². The minimum atomic E-state index is 0.591. The molecule has 0 aliphatic carbocycles. The Morgan fingerprint density at radius 3 is 2.70 bits per heavy atom. The smallest absolute Gasteiger partial charge is 0.0187 e. The molecule has 0 spiro atoms. The molecule has 0 unspecified atom stereocenters. The molecular formula is C9H12N. The number of hydrogen-bond donors (Lipinski definition) is 1. The van der Waals surface area contributed by atoms with E-state index < -0.39 is 0 Å². The Morgan fingerprint density at radius 1 is 1.50 bits per heavy atom.